The van der Waals surface area contributed by atoms with Gasteiger partial charge >= 0.3 is 0 Å². The zero-order valence-electron chi connectivity index (χ0n) is 16.2. The predicted molar refractivity (Wildman–Crippen MR) is 109 cm³/mol. The van der Waals surface area contributed by atoms with Crippen LogP contribution in [0, 0.1) is 0 Å². The van der Waals surface area contributed by atoms with Crippen molar-refractivity contribution >= 4 is 16.9 Å². The maximum atomic E-state index is 11.7. The molecule has 0 radical (unpaired) electrons. The number of nitrogens with zero attached hydrogens (tertiary/aromatic N) is 1. The summed E-state index contributed by atoms with van der Waals surface area (Å²) < 4.78 is 11.4. The summed E-state index contributed by atoms with van der Waals surface area (Å²) in [5.74, 6) is 6.93. The van der Waals surface area contributed by atoms with Crippen molar-refractivity contribution in [3.8, 4) is 22.9 Å². The number of aromatic amines is 1. The quantitative estimate of drug-likeness (QED) is 0.226. The third-order valence-corrected chi connectivity index (χ3v) is 4.57. The lowest BCUT2D eigenvalue weighted by molar-refractivity contribution is 0.0954. The molecule has 1 heterocycles. The number of hydrogen-bond donors (Lipinski definition) is 3. The number of carbonyl (C=O) groups excluding carboxylic acids is 1. The molecule has 0 unspecified atom stereocenters. The summed E-state index contributed by atoms with van der Waals surface area (Å²) >= 11 is 0. The molecule has 0 spiro atoms. The number of nitrogens with two attached hydrogens (primary N) is 1. The van der Waals surface area contributed by atoms with Gasteiger partial charge in [0, 0.05) is 11.1 Å². The van der Waals surface area contributed by atoms with Crippen LogP contribution < -0.4 is 20.7 Å². The number of rotatable bonds is 9. The minimum Gasteiger partial charge on any atom is -0.493 e. The largest absolute Gasteiger partial charge is 0.493 e. The second-order valence-electron chi connectivity index (χ2n) is 6.57. The van der Waals surface area contributed by atoms with E-state index >= 15 is 0 Å². The van der Waals surface area contributed by atoms with Crippen molar-refractivity contribution in [2.24, 2.45) is 5.84 Å². The summed E-state index contributed by atoms with van der Waals surface area (Å²) in [5, 5.41) is 0. The van der Waals surface area contributed by atoms with Crippen LogP contribution in [0.4, 0.5) is 0 Å². The van der Waals surface area contributed by atoms with E-state index < -0.39 is 0 Å². The van der Waals surface area contributed by atoms with Crippen molar-refractivity contribution in [1.29, 1.82) is 0 Å². The Kier molecular flexibility index (Phi) is 6.49. The minimum absolute atomic E-state index is 0.347. The molecular formula is C21H26N4O3. The van der Waals surface area contributed by atoms with Gasteiger partial charge < -0.3 is 14.5 Å². The van der Waals surface area contributed by atoms with E-state index in [-0.39, 0.29) is 5.91 Å². The average molecular weight is 382 g/mol. The lowest BCUT2D eigenvalue weighted by Crippen LogP contribution is -2.29. The number of H-pyrrole nitrogens is 1. The third-order valence-electron chi connectivity index (χ3n) is 4.57. The van der Waals surface area contributed by atoms with Gasteiger partial charge in [-0.05, 0) is 42.8 Å². The van der Waals surface area contributed by atoms with E-state index in [1.165, 1.54) is 19.3 Å². The fourth-order valence-electron chi connectivity index (χ4n) is 3.02. The van der Waals surface area contributed by atoms with Crippen molar-refractivity contribution in [1.82, 2.24) is 15.4 Å². The van der Waals surface area contributed by atoms with Crippen LogP contribution in [0.2, 0.25) is 0 Å². The number of imidazole rings is 1. The number of nitrogen functional groups attached to an aromatic ring is 1. The SMILES string of the molecule is CCCCCCOc1ccc(-c2nc3ccc(C(=O)NN)cc3[nH]2)cc1OC. The second kappa shape index (κ2) is 9.23. The van der Waals surface area contributed by atoms with Gasteiger partial charge in [-0.1, -0.05) is 26.2 Å². The van der Waals surface area contributed by atoms with Gasteiger partial charge in [0.15, 0.2) is 11.5 Å². The molecule has 0 atom stereocenters. The molecule has 0 aliphatic heterocycles. The number of unbranched alkanes of at least 4 members (excludes halogenated alkanes) is 3. The summed E-state index contributed by atoms with van der Waals surface area (Å²) in [6, 6.07) is 10.9. The Morgan fingerprint density at radius 3 is 2.75 bits per heavy atom. The van der Waals surface area contributed by atoms with Gasteiger partial charge in [0.25, 0.3) is 5.91 Å². The Balaban J connectivity index is 1.80. The number of hydrogen-bond acceptors (Lipinski definition) is 5. The highest BCUT2D eigenvalue weighted by molar-refractivity contribution is 5.97. The van der Waals surface area contributed by atoms with E-state index in [9.17, 15) is 4.79 Å². The summed E-state index contributed by atoms with van der Waals surface area (Å²) in [6.45, 7) is 2.86. The number of hydrazine groups is 1. The fraction of sp³-hybridized carbons (Fsp3) is 0.333. The standard InChI is InChI=1S/C21H26N4O3/c1-3-4-5-6-11-28-18-10-8-14(13-19(18)27-2)20-23-16-9-7-15(21(26)25-22)12-17(16)24-20/h7-10,12-13H,3-6,11,22H2,1-2H3,(H,23,24)(H,25,26). The van der Waals surface area contributed by atoms with Gasteiger partial charge in [-0.15, -0.1) is 0 Å². The van der Waals surface area contributed by atoms with Gasteiger partial charge in [-0.3, -0.25) is 10.2 Å². The molecule has 0 aliphatic rings. The molecular weight excluding hydrogens is 356 g/mol. The average Bonchev–Trinajstić information content (AvgIpc) is 3.16. The molecule has 0 aliphatic carbocycles. The minimum atomic E-state index is -0.347. The maximum Gasteiger partial charge on any atom is 0.265 e. The molecule has 0 saturated carbocycles. The Labute approximate surface area is 164 Å². The van der Waals surface area contributed by atoms with E-state index in [4.69, 9.17) is 15.3 Å². The molecule has 3 rings (SSSR count). The van der Waals surface area contributed by atoms with Crippen LogP contribution in [0.15, 0.2) is 36.4 Å². The topological polar surface area (TPSA) is 102 Å². The van der Waals surface area contributed by atoms with Gasteiger partial charge in [0.1, 0.15) is 5.82 Å². The Morgan fingerprint density at radius 2 is 2.00 bits per heavy atom. The first kappa shape index (κ1) is 19.7. The molecule has 4 N–H and O–H groups in total. The van der Waals surface area contributed by atoms with Crippen LogP contribution >= 0.6 is 0 Å². The van der Waals surface area contributed by atoms with E-state index in [1.807, 2.05) is 18.2 Å². The van der Waals surface area contributed by atoms with Crippen molar-refractivity contribution in [3.63, 3.8) is 0 Å². The monoisotopic (exact) mass is 382 g/mol. The number of methoxy groups -OCH3 is 1. The summed E-state index contributed by atoms with van der Waals surface area (Å²) in [6.07, 6.45) is 4.62. The van der Waals surface area contributed by atoms with E-state index in [0.717, 1.165) is 28.8 Å². The van der Waals surface area contributed by atoms with Gasteiger partial charge in [0.05, 0.1) is 24.8 Å². The van der Waals surface area contributed by atoms with Crippen LogP contribution in [-0.2, 0) is 0 Å². The smallest absolute Gasteiger partial charge is 0.265 e. The predicted octanol–water partition coefficient (Wildman–Crippen LogP) is 3.80. The van der Waals surface area contributed by atoms with E-state index in [2.05, 4.69) is 22.3 Å². The molecule has 3 aromatic rings. The number of nitrogens with one attached hydrogen (secondary N) is 2. The molecule has 7 heteroatoms. The Morgan fingerprint density at radius 1 is 1.14 bits per heavy atom. The number of carbonyl (C=O) groups is 1. The van der Waals surface area contributed by atoms with Gasteiger partial charge in [-0.25, -0.2) is 10.8 Å². The maximum absolute atomic E-state index is 11.7. The molecule has 2 aromatic carbocycles. The lowest BCUT2D eigenvalue weighted by Gasteiger charge is -2.11. The van der Waals surface area contributed by atoms with Crippen LogP contribution in [0.3, 0.4) is 0 Å². The normalized spacial score (nSPS) is 10.8. The van der Waals surface area contributed by atoms with Gasteiger partial charge in [-0.2, -0.15) is 0 Å². The Bertz CT molecular complexity index is 952. The number of aromatic nitrogens is 2. The number of fused-ring (bicyclic) bond motifs is 1. The molecule has 0 saturated heterocycles. The summed E-state index contributed by atoms with van der Waals surface area (Å²) in [5.41, 5.74) is 4.99. The van der Waals surface area contributed by atoms with Crippen LogP contribution in [-0.4, -0.2) is 29.6 Å². The fourth-order valence-corrected chi connectivity index (χ4v) is 3.02. The third kappa shape index (κ3) is 4.43. The number of amides is 1. The van der Waals surface area contributed by atoms with Crippen LogP contribution in [0.1, 0.15) is 43.0 Å². The zero-order chi connectivity index (χ0) is 19.9. The lowest BCUT2D eigenvalue weighted by atomic mass is 10.2. The van der Waals surface area contributed by atoms with Crippen LogP contribution in [0.5, 0.6) is 11.5 Å². The number of benzene rings is 2. The van der Waals surface area contributed by atoms with Crippen molar-refractivity contribution in [2.45, 2.75) is 32.6 Å². The molecule has 1 amide bonds. The van der Waals surface area contributed by atoms with E-state index in [1.54, 1.807) is 25.3 Å². The van der Waals surface area contributed by atoms with Crippen molar-refractivity contribution in [3.05, 3.63) is 42.0 Å². The summed E-state index contributed by atoms with van der Waals surface area (Å²) in [7, 11) is 1.62. The Hall–Kier alpha value is -3.06. The van der Waals surface area contributed by atoms with Crippen molar-refractivity contribution < 1.29 is 14.3 Å². The molecule has 148 valence electrons. The van der Waals surface area contributed by atoms with Crippen LogP contribution in [0.25, 0.3) is 22.4 Å². The molecule has 0 bridgehead atoms. The van der Waals surface area contributed by atoms with Crippen molar-refractivity contribution in [2.75, 3.05) is 13.7 Å². The molecule has 28 heavy (non-hydrogen) atoms. The highest BCUT2D eigenvalue weighted by Gasteiger charge is 2.12. The molecule has 7 nitrogen and oxygen atoms in total. The second-order valence-corrected chi connectivity index (χ2v) is 6.57. The first-order valence-corrected chi connectivity index (χ1v) is 9.48. The first-order valence-electron chi connectivity index (χ1n) is 9.48. The highest BCUT2D eigenvalue weighted by atomic mass is 16.5. The molecule has 0 fully saturated rings. The first-order chi connectivity index (χ1) is 13.7. The highest BCUT2D eigenvalue weighted by Crippen LogP contribution is 2.32. The molecule has 1 aromatic heterocycles. The van der Waals surface area contributed by atoms with E-state index in [0.29, 0.717) is 23.7 Å². The number of ether oxygens (including phenoxy) is 2. The zero-order valence-corrected chi connectivity index (χ0v) is 16.2. The summed E-state index contributed by atoms with van der Waals surface area (Å²) in [4.78, 5) is 19.5. The van der Waals surface area contributed by atoms with Gasteiger partial charge in [0.2, 0.25) is 0 Å².